The second-order valence-electron chi connectivity index (χ2n) is 4.65. The number of hydrogen-bond acceptors (Lipinski definition) is 3. The van der Waals surface area contributed by atoms with Crippen molar-refractivity contribution in [3.05, 3.63) is 48.3 Å². The lowest BCUT2D eigenvalue weighted by Crippen LogP contribution is -2.32. The zero-order chi connectivity index (χ0) is 14.5. The van der Waals surface area contributed by atoms with E-state index in [0.717, 1.165) is 11.3 Å². The standard InChI is InChI=1S/C15H19N3OS/c1-11(17-15(19)12(2)20-3)13-6-4-7-14(10-13)18-9-5-8-16-18/h4-12H,1-3H3,(H,17,19)/t11-,12-/m0/s1. The number of aromatic nitrogens is 2. The highest BCUT2D eigenvalue weighted by Gasteiger charge is 2.15. The van der Waals surface area contributed by atoms with Crippen LogP contribution in [-0.4, -0.2) is 27.2 Å². The monoisotopic (exact) mass is 289 g/mol. The summed E-state index contributed by atoms with van der Waals surface area (Å²) in [6, 6.07) is 9.90. The number of thioether (sulfide) groups is 1. The van der Waals surface area contributed by atoms with Crippen molar-refractivity contribution in [3.8, 4) is 5.69 Å². The van der Waals surface area contributed by atoms with E-state index in [1.54, 1.807) is 18.0 Å². The molecule has 0 bridgehead atoms. The average molecular weight is 289 g/mol. The Hall–Kier alpha value is -1.75. The summed E-state index contributed by atoms with van der Waals surface area (Å²) in [4.78, 5) is 11.9. The van der Waals surface area contributed by atoms with E-state index in [1.165, 1.54) is 0 Å². The van der Waals surface area contributed by atoms with E-state index >= 15 is 0 Å². The van der Waals surface area contributed by atoms with Gasteiger partial charge in [0, 0.05) is 12.4 Å². The Bertz CT molecular complexity index is 568. The van der Waals surface area contributed by atoms with Crippen LogP contribution >= 0.6 is 11.8 Å². The molecule has 0 saturated carbocycles. The minimum Gasteiger partial charge on any atom is -0.349 e. The Morgan fingerprint density at radius 3 is 2.80 bits per heavy atom. The molecule has 20 heavy (non-hydrogen) atoms. The molecule has 2 atom stereocenters. The van der Waals surface area contributed by atoms with Gasteiger partial charge >= 0.3 is 0 Å². The molecular formula is C15H19N3OS. The first-order valence-corrected chi connectivity index (χ1v) is 7.83. The highest BCUT2D eigenvalue weighted by Crippen LogP contribution is 2.17. The number of amides is 1. The fraction of sp³-hybridized carbons (Fsp3) is 0.333. The van der Waals surface area contributed by atoms with Crippen LogP contribution < -0.4 is 5.32 Å². The second-order valence-corrected chi connectivity index (χ2v) is 5.83. The highest BCUT2D eigenvalue weighted by atomic mass is 32.2. The SMILES string of the molecule is CS[C@@H](C)C(=O)N[C@@H](C)c1cccc(-n2cccn2)c1. The molecule has 106 valence electrons. The summed E-state index contributed by atoms with van der Waals surface area (Å²) in [5, 5.41) is 7.21. The number of hydrogen-bond donors (Lipinski definition) is 1. The predicted octanol–water partition coefficient (Wildman–Crippen LogP) is 2.80. The van der Waals surface area contributed by atoms with E-state index in [0.29, 0.717) is 0 Å². The maximum absolute atomic E-state index is 11.9. The van der Waals surface area contributed by atoms with Crippen LogP contribution in [0, 0.1) is 0 Å². The number of nitrogens with one attached hydrogen (secondary N) is 1. The van der Waals surface area contributed by atoms with Gasteiger partial charge in [-0.1, -0.05) is 12.1 Å². The average Bonchev–Trinajstić information content (AvgIpc) is 3.00. The van der Waals surface area contributed by atoms with Gasteiger partial charge in [-0.15, -0.1) is 0 Å². The number of rotatable bonds is 5. The van der Waals surface area contributed by atoms with Crippen LogP contribution in [0.4, 0.5) is 0 Å². The minimum atomic E-state index is -0.0354. The molecule has 0 radical (unpaired) electrons. The molecule has 1 aromatic carbocycles. The maximum Gasteiger partial charge on any atom is 0.233 e. The highest BCUT2D eigenvalue weighted by molar-refractivity contribution is 7.99. The summed E-state index contributed by atoms with van der Waals surface area (Å²) in [6.45, 7) is 3.90. The van der Waals surface area contributed by atoms with Crippen molar-refractivity contribution in [2.75, 3.05) is 6.26 Å². The summed E-state index contributed by atoms with van der Waals surface area (Å²) in [6.07, 6.45) is 5.59. The van der Waals surface area contributed by atoms with Gasteiger partial charge in [0.1, 0.15) is 0 Å². The van der Waals surface area contributed by atoms with Crippen LogP contribution in [0.25, 0.3) is 5.69 Å². The van der Waals surface area contributed by atoms with Gasteiger partial charge in [0.2, 0.25) is 5.91 Å². The van der Waals surface area contributed by atoms with E-state index in [9.17, 15) is 4.79 Å². The summed E-state index contributed by atoms with van der Waals surface area (Å²) in [5.41, 5.74) is 2.06. The molecular weight excluding hydrogens is 270 g/mol. The quantitative estimate of drug-likeness (QED) is 0.920. The van der Waals surface area contributed by atoms with E-state index < -0.39 is 0 Å². The first-order valence-electron chi connectivity index (χ1n) is 6.55. The Labute approximate surface area is 123 Å². The van der Waals surface area contributed by atoms with Gasteiger partial charge in [-0.05, 0) is 43.9 Å². The third kappa shape index (κ3) is 3.42. The molecule has 0 spiro atoms. The van der Waals surface area contributed by atoms with Gasteiger partial charge in [-0.3, -0.25) is 4.79 Å². The third-order valence-corrected chi connectivity index (χ3v) is 4.14. The normalized spacial score (nSPS) is 13.8. The minimum absolute atomic E-state index is 0.0207. The van der Waals surface area contributed by atoms with Crippen molar-refractivity contribution >= 4 is 17.7 Å². The molecule has 0 aliphatic heterocycles. The van der Waals surface area contributed by atoms with E-state index in [4.69, 9.17) is 0 Å². The first-order chi connectivity index (χ1) is 9.61. The molecule has 5 heteroatoms. The Morgan fingerprint density at radius 1 is 1.35 bits per heavy atom. The summed E-state index contributed by atoms with van der Waals surface area (Å²) in [7, 11) is 0. The molecule has 0 unspecified atom stereocenters. The van der Waals surface area contributed by atoms with Gasteiger partial charge in [0.05, 0.1) is 17.0 Å². The Morgan fingerprint density at radius 2 is 2.15 bits per heavy atom. The van der Waals surface area contributed by atoms with E-state index in [-0.39, 0.29) is 17.2 Å². The van der Waals surface area contributed by atoms with Crippen LogP contribution in [0.2, 0.25) is 0 Å². The fourth-order valence-corrected chi connectivity index (χ4v) is 2.16. The van der Waals surface area contributed by atoms with Crippen molar-refractivity contribution in [3.63, 3.8) is 0 Å². The molecule has 1 N–H and O–H groups in total. The van der Waals surface area contributed by atoms with Gasteiger partial charge in [0.15, 0.2) is 0 Å². The number of nitrogens with zero attached hydrogens (tertiary/aromatic N) is 2. The Balaban J connectivity index is 2.13. The molecule has 1 amide bonds. The molecule has 0 aliphatic rings. The molecule has 2 rings (SSSR count). The largest absolute Gasteiger partial charge is 0.349 e. The van der Waals surface area contributed by atoms with Gasteiger partial charge in [-0.2, -0.15) is 16.9 Å². The molecule has 0 saturated heterocycles. The van der Waals surface area contributed by atoms with Crippen LogP contribution in [0.3, 0.4) is 0 Å². The summed E-state index contributed by atoms with van der Waals surface area (Å²) >= 11 is 1.55. The van der Waals surface area contributed by atoms with Crippen LogP contribution in [-0.2, 0) is 4.79 Å². The van der Waals surface area contributed by atoms with Crippen molar-refractivity contribution in [1.29, 1.82) is 0 Å². The van der Waals surface area contributed by atoms with E-state index in [2.05, 4.69) is 10.4 Å². The molecule has 4 nitrogen and oxygen atoms in total. The summed E-state index contributed by atoms with van der Waals surface area (Å²) < 4.78 is 1.81. The number of carbonyl (C=O) groups excluding carboxylic acids is 1. The topological polar surface area (TPSA) is 46.9 Å². The van der Waals surface area contributed by atoms with Crippen molar-refractivity contribution in [2.24, 2.45) is 0 Å². The van der Waals surface area contributed by atoms with Gasteiger partial charge < -0.3 is 5.32 Å². The Kier molecular flexibility index (Phi) is 4.84. The molecule has 1 aromatic heterocycles. The van der Waals surface area contributed by atoms with Crippen molar-refractivity contribution < 1.29 is 4.79 Å². The molecule has 0 fully saturated rings. The van der Waals surface area contributed by atoms with E-state index in [1.807, 2.05) is 61.3 Å². The third-order valence-electron chi connectivity index (χ3n) is 3.22. The lowest BCUT2D eigenvalue weighted by Gasteiger charge is -2.17. The van der Waals surface area contributed by atoms with Gasteiger partial charge in [0.25, 0.3) is 0 Å². The van der Waals surface area contributed by atoms with Crippen LogP contribution in [0.5, 0.6) is 0 Å². The van der Waals surface area contributed by atoms with Crippen LogP contribution in [0.15, 0.2) is 42.7 Å². The number of carbonyl (C=O) groups is 1. The molecule has 2 aromatic rings. The van der Waals surface area contributed by atoms with Crippen LogP contribution in [0.1, 0.15) is 25.5 Å². The fourth-order valence-electron chi connectivity index (χ4n) is 1.88. The van der Waals surface area contributed by atoms with Crippen molar-refractivity contribution in [1.82, 2.24) is 15.1 Å². The first kappa shape index (κ1) is 14.7. The van der Waals surface area contributed by atoms with Crippen molar-refractivity contribution in [2.45, 2.75) is 25.1 Å². The number of benzene rings is 1. The zero-order valence-corrected chi connectivity index (χ0v) is 12.7. The predicted molar refractivity (Wildman–Crippen MR) is 83.1 cm³/mol. The molecule has 0 aliphatic carbocycles. The lowest BCUT2D eigenvalue weighted by molar-refractivity contribution is -0.120. The maximum atomic E-state index is 11.9. The lowest BCUT2D eigenvalue weighted by atomic mass is 10.1. The summed E-state index contributed by atoms with van der Waals surface area (Å²) in [5.74, 6) is 0.0643. The zero-order valence-electron chi connectivity index (χ0n) is 11.9. The van der Waals surface area contributed by atoms with Gasteiger partial charge in [-0.25, -0.2) is 4.68 Å². The second kappa shape index (κ2) is 6.61. The molecule has 1 heterocycles. The smallest absolute Gasteiger partial charge is 0.233 e.